The number of nitrogens with one attached hydrogen (secondary N) is 1. The molecule has 5 heteroatoms. The summed E-state index contributed by atoms with van der Waals surface area (Å²) in [5.74, 6) is 0.0704. The zero-order valence-corrected chi connectivity index (χ0v) is 18.5. The lowest BCUT2D eigenvalue weighted by atomic mass is 10.0. The number of nitrogens with zero attached hydrogens (tertiary/aromatic N) is 1. The SMILES string of the molecule is Cc1ccc(C)c(NC(=S)C(=C(O)c2ccc(C)c(C)c2)[n+]2cccc(CO)c2)c1. The van der Waals surface area contributed by atoms with Gasteiger partial charge in [-0.3, -0.25) is 0 Å². The van der Waals surface area contributed by atoms with Crippen LogP contribution in [0, 0.1) is 27.7 Å². The van der Waals surface area contributed by atoms with E-state index in [4.69, 9.17) is 12.2 Å². The van der Waals surface area contributed by atoms with Crippen molar-refractivity contribution in [3.05, 3.63) is 94.3 Å². The highest BCUT2D eigenvalue weighted by Gasteiger charge is 2.25. The Morgan fingerprint density at radius 2 is 1.70 bits per heavy atom. The monoisotopic (exact) mass is 419 g/mol. The van der Waals surface area contributed by atoms with E-state index in [0.717, 1.165) is 33.5 Å². The topological polar surface area (TPSA) is 56.4 Å². The van der Waals surface area contributed by atoms with E-state index >= 15 is 0 Å². The van der Waals surface area contributed by atoms with Crippen molar-refractivity contribution in [1.82, 2.24) is 0 Å². The van der Waals surface area contributed by atoms with Crippen molar-refractivity contribution in [2.24, 2.45) is 0 Å². The lowest BCUT2D eigenvalue weighted by Gasteiger charge is -2.13. The molecular weight excluding hydrogens is 392 g/mol. The van der Waals surface area contributed by atoms with Gasteiger partial charge in [0.25, 0.3) is 5.70 Å². The van der Waals surface area contributed by atoms with Gasteiger partial charge < -0.3 is 15.5 Å². The molecule has 0 amide bonds. The summed E-state index contributed by atoms with van der Waals surface area (Å²) in [5.41, 5.74) is 7.15. The van der Waals surface area contributed by atoms with E-state index in [1.807, 2.05) is 82.4 Å². The van der Waals surface area contributed by atoms with E-state index in [2.05, 4.69) is 5.32 Å². The van der Waals surface area contributed by atoms with Crippen molar-refractivity contribution in [2.75, 3.05) is 5.32 Å². The molecule has 0 unspecified atom stereocenters. The number of hydrogen-bond acceptors (Lipinski definition) is 3. The van der Waals surface area contributed by atoms with Crippen molar-refractivity contribution in [2.45, 2.75) is 34.3 Å². The third kappa shape index (κ3) is 4.75. The predicted molar refractivity (Wildman–Crippen MR) is 126 cm³/mol. The van der Waals surface area contributed by atoms with Gasteiger partial charge in [0.1, 0.15) is 0 Å². The fourth-order valence-electron chi connectivity index (χ4n) is 3.18. The molecule has 0 saturated carbocycles. The van der Waals surface area contributed by atoms with Gasteiger partial charge >= 0.3 is 0 Å². The molecule has 0 aliphatic carbocycles. The van der Waals surface area contributed by atoms with Crippen molar-refractivity contribution < 1.29 is 14.8 Å². The third-order valence-electron chi connectivity index (χ3n) is 5.16. The van der Waals surface area contributed by atoms with Crippen molar-refractivity contribution >= 4 is 34.3 Å². The van der Waals surface area contributed by atoms with Gasteiger partial charge in [-0.1, -0.05) is 36.5 Å². The Bertz CT molecular complexity index is 1140. The molecule has 0 aliphatic rings. The highest BCUT2D eigenvalue weighted by molar-refractivity contribution is 7.81. The molecule has 0 saturated heterocycles. The molecular formula is C25H27N2O2S+. The van der Waals surface area contributed by atoms with Gasteiger partial charge in [-0.2, -0.15) is 4.57 Å². The molecule has 3 rings (SSSR count). The summed E-state index contributed by atoms with van der Waals surface area (Å²) in [6.45, 7) is 7.98. The number of rotatable bonds is 5. The van der Waals surface area contributed by atoms with Gasteiger partial charge in [0.15, 0.2) is 23.1 Å². The van der Waals surface area contributed by atoms with Crippen LogP contribution < -0.4 is 9.88 Å². The lowest BCUT2D eigenvalue weighted by molar-refractivity contribution is -0.576. The molecule has 0 atom stereocenters. The number of aromatic nitrogens is 1. The third-order valence-corrected chi connectivity index (χ3v) is 5.46. The van der Waals surface area contributed by atoms with Crippen LogP contribution in [0.15, 0.2) is 60.9 Å². The van der Waals surface area contributed by atoms with E-state index < -0.39 is 0 Å². The summed E-state index contributed by atoms with van der Waals surface area (Å²) in [4.78, 5) is 0.388. The standard InChI is InChI=1S/C25H26N2O2S/c1-16-7-8-18(3)22(12-16)26-25(30)23(27-11-5-6-20(14-27)15-28)24(29)21-10-9-17(2)19(4)13-21/h5-14,28H,15H2,1-4H3,(H-,26,29,30)/p+1. The maximum atomic E-state index is 11.3. The molecule has 154 valence electrons. The van der Waals surface area contributed by atoms with Crippen LogP contribution in [-0.2, 0) is 6.61 Å². The molecule has 30 heavy (non-hydrogen) atoms. The molecule has 0 spiro atoms. The number of aliphatic hydroxyl groups is 2. The summed E-state index contributed by atoms with van der Waals surface area (Å²) in [7, 11) is 0. The minimum Gasteiger partial charge on any atom is -0.502 e. The fourth-order valence-corrected chi connectivity index (χ4v) is 3.49. The maximum absolute atomic E-state index is 11.3. The minimum atomic E-state index is -0.101. The van der Waals surface area contributed by atoms with E-state index in [1.165, 1.54) is 0 Å². The van der Waals surface area contributed by atoms with Gasteiger partial charge in [0.05, 0.1) is 6.61 Å². The second kappa shape index (κ2) is 9.20. The summed E-state index contributed by atoms with van der Waals surface area (Å²) in [6.07, 6.45) is 3.58. The largest absolute Gasteiger partial charge is 0.502 e. The van der Waals surface area contributed by atoms with Crippen LogP contribution in [0.25, 0.3) is 11.5 Å². The van der Waals surface area contributed by atoms with E-state index in [0.29, 0.717) is 16.2 Å². The first-order chi connectivity index (χ1) is 14.3. The van der Waals surface area contributed by atoms with E-state index in [1.54, 1.807) is 10.8 Å². The van der Waals surface area contributed by atoms with Crippen LogP contribution in [0.3, 0.4) is 0 Å². The fraction of sp³-hybridized carbons (Fsp3) is 0.200. The molecule has 0 aliphatic heterocycles. The van der Waals surface area contributed by atoms with Crippen LogP contribution in [0.2, 0.25) is 0 Å². The first-order valence-corrected chi connectivity index (χ1v) is 10.2. The zero-order chi connectivity index (χ0) is 21.8. The molecule has 4 nitrogen and oxygen atoms in total. The normalized spacial score (nSPS) is 11.8. The molecule has 0 radical (unpaired) electrons. The number of anilines is 1. The predicted octanol–water partition coefficient (Wildman–Crippen LogP) is 5.02. The maximum Gasteiger partial charge on any atom is 0.288 e. The first kappa shape index (κ1) is 21.7. The summed E-state index contributed by atoms with van der Waals surface area (Å²) >= 11 is 5.74. The van der Waals surface area contributed by atoms with E-state index in [9.17, 15) is 10.2 Å². The Morgan fingerprint density at radius 1 is 0.967 bits per heavy atom. The summed E-state index contributed by atoms with van der Waals surface area (Å²) in [5, 5.41) is 24.1. The summed E-state index contributed by atoms with van der Waals surface area (Å²) in [6, 6.07) is 15.6. The molecule has 0 fully saturated rings. The Morgan fingerprint density at radius 3 is 2.40 bits per heavy atom. The van der Waals surface area contributed by atoms with Crippen LogP contribution in [0.5, 0.6) is 0 Å². The minimum absolute atomic E-state index is 0.0704. The van der Waals surface area contributed by atoms with Gasteiger partial charge in [-0.25, -0.2) is 0 Å². The van der Waals surface area contributed by atoms with Crippen LogP contribution >= 0.6 is 12.2 Å². The second-order valence-corrected chi connectivity index (χ2v) is 7.95. The number of thiocarbonyl (C=S) groups is 1. The highest BCUT2D eigenvalue weighted by atomic mass is 32.1. The smallest absolute Gasteiger partial charge is 0.288 e. The molecule has 1 aromatic heterocycles. The Kier molecular flexibility index (Phi) is 6.65. The summed E-state index contributed by atoms with van der Waals surface area (Å²) < 4.78 is 1.75. The zero-order valence-electron chi connectivity index (χ0n) is 17.7. The van der Waals surface area contributed by atoms with Crippen LogP contribution in [0.1, 0.15) is 33.4 Å². The molecule has 1 heterocycles. The number of pyridine rings is 1. The number of hydrogen-bond donors (Lipinski definition) is 3. The van der Waals surface area contributed by atoms with Gasteiger partial charge in [-0.05, 0) is 68.1 Å². The number of benzene rings is 2. The average Bonchev–Trinajstić information content (AvgIpc) is 2.73. The van der Waals surface area contributed by atoms with E-state index in [-0.39, 0.29) is 12.4 Å². The lowest BCUT2D eigenvalue weighted by Crippen LogP contribution is -2.39. The molecule has 3 N–H and O–H groups in total. The van der Waals surface area contributed by atoms with Gasteiger partial charge in [0.2, 0.25) is 0 Å². The number of aliphatic hydroxyl groups excluding tert-OH is 2. The highest BCUT2D eigenvalue weighted by Crippen LogP contribution is 2.23. The van der Waals surface area contributed by atoms with Gasteiger partial charge in [0, 0.05) is 22.9 Å². The molecule has 3 aromatic rings. The quantitative estimate of drug-likeness (QED) is 0.235. The average molecular weight is 420 g/mol. The van der Waals surface area contributed by atoms with Gasteiger partial charge in [-0.15, -0.1) is 0 Å². The molecule has 2 aromatic carbocycles. The second-order valence-electron chi connectivity index (χ2n) is 7.55. The van der Waals surface area contributed by atoms with Crippen molar-refractivity contribution in [1.29, 1.82) is 0 Å². The molecule has 0 bridgehead atoms. The van der Waals surface area contributed by atoms with Crippen molar-refractivity contribution in [3.63, 3.8) is 0 Å². The Balaban J connectivity index is 2.14. The Labute approximate surface area is 183 Å². The Hall–Kier alpha value is -3.02. The van der Waals surface area contributed by atoms with Crippen LogP contribution in [-0.4, -0.2) is 15.2 Å². The first-order valence-electron chi connectivity index (χ1n) is 9.81. The van der Waals surface area contributed by atoms with Crippen molar-refractivity contribution in [3.8, 4) is 0 Å². The van der Waals surface area contributed by atoms with Crippen LogP contribution in [0.4, 0.5) is 5.69 Å². The number of aryl methyl sites for hydroxylation is 4.